The molecule has 0 saturated carbocycles. The van der Waals surface area contributed by atoms with Crippen LogP contribution in [0.2, 0.25) is 0 Å². The fourth-order valence-electron chi connectivity index (χ4n) is 0.634. The molecule has 1 rings (SSSR count). The van der Waals surface area contributed by atoms with Crippen LogP contribution in [-0.4, -0.2) is 4.98 Å². The SMILES string of the molecule is [N-]=[N+]=Nc1cccnc1N=[N+]=[N-]. The molecule has 1 heterocycles. The summed E-state index contributed by atoms with van der Waals surface area (Å²) in [4.78, 5) is 8.78. The molecule has 1 aromatic heterocycles. The van der Waals surface area contributed by atoms with Crippen LogP contribution in [0.25, 0.3) is 20.9 Å². The van der Waals surface area contributed by atoms with Crippen molar-refractivity contribution in [2.75, 3.05) is 0 Å². The van der Waals surface area contributed by atoms with Crippen molar-refractivity contribution >= 4 is 11.5 Å². The Morgan fingerprint density at radius 3 is 2.67 bits per heavy atom. The Labute approximate surface area is 66.9 Å². The Morgan fingerprint density at radius 1 is 1.25 bits per heavy atom. The summed E-state index contributed by atoms with van der Waals surface area (Å²) in [6, 6.07) is 3.09. The van der Waals surface area contributed by atoms with E-state index in [1.54, 1.807) is 6.07 Å². The van der Waals surface area contributed by atoms with Gasteiger partial charge in [-0.3, -0.25) is 4.98 Å². The quantitative estimate of drug-likeness (QED) is 0.370. The van der Waals surface area contributed by atoms with Crippen LogP contribution in [0.15, 0.2) is 28.6 Å². The molecule has 1 aromatic rings. The van der Waals surface area contributed by atoms with E-state index in [0.717, 1.165) is 0 Å². The number of hydrogen-bond donors (Lipinski definition) is 0. The van der Waals surface area contributed by atoms with Crippen LogP contribution in [0.3, 0.4) is 0 Å². The lowest BCUT2D eigenvalue weighted by molar-refractivity contribution is 1.24. The van der Waals surface area contributed by atoms with Crippen LogP contribution in [0, 0.1) is 0 Å². The van der Waals surface area contributed by atoms with Crippen molar-refractivity contribution in [2.45, 2.75) is 0 Å². The summed E-state index contributed by atoms with van der Waals surface area (Å²) in [6.07, 6.45) is 1.44. The van der Waals surface area contributed by atoms with Gasteiger partial charge in [0.05, 0.1) is 5.69 Å². The molecule has 0 N–H and O–H groups in total. The minimum Gasteiger partial charge on any atom is -0.254 e. The summed E-state index contributed by atoms with van der Waals surface area (Å²) in [5.74, 6) is 0.0813. The molecule has 7 nitrogen and oxygen atoms in total. The molecule has 0 aliphatic heterocycles. The zero-order valence-corrected chi connectivity index (χ0v) is 5.86. The van der Waals surface area contributed by atoms with Crippen molar-refractivity contribution in [3.8, 4) is 0 Å². The number of hydrogen-bond acceptors (Lipinski definition) is 3. The normalized spacial score (nSPS) is 8.00. The fourth-order valence-corrected chi connectivity index (χ4v) is 0.634. The third kappa shape index (κ3) is 1.63. The molecule has 58 valence electrons. The lowest BCUT2D eigenvalue weighted by atomic mass is 10.4. The molecule has 7 heteroatoms. The lowest BCUT2D eigenvalue weighted by Gasteiger charge is -1.92. The topological polar surface area (TPSA) is 110 Å². The second-order valence-corrected chi connectivity index (χ2v) is 1.73. The second-order valence-electron chi connectivity index (χ2n) is 1.73. The molecule has 0 saturated heterocycles. The average Bonchev–Trinajstić information content (AvgIpc) is 2.09. The first kappa shape index (κ1) is 7.87. The van der Waals surface area contributed by atoms with Crippen molar-refractivity contribution in [1.82, 2.24) is 4.98 Å². The first-order valence-electron chi connectivity index (χ1n) is 2.93. The summed E-state index contributed by atoms with van der Waals surface area (Å²) >= 11 is 0. The lowest BCUT2D eigenvalue weighted by Crippen LogP contribution is -1.70. The maximum Gasteiger partial charge on any atom is 0.136 e. The summed E-state index contributed by atoms with van der Waals surface area (Å²) < 4.78 is 0. The third-order valence-corrected chi connectivity index (χ3v) is 1.06. The van der Waals surface area contributed by atoms with E-state index in [0.29, 0.717) is 0 Å². The van der Waals surface area contributed by atoms with E-state index in [2.05, 4.69) is 25.0 Å². The number of azide groups is 2. The molecular formula is C5H3N7. The standard InChI is InChI=1S/C5H3N7/c6-11-9-4-2-1-3-8-5(4)10-12-7/h1-3H. The predicted molar refractivity (Wildman–Crippen MR) is 41.8 cm³/mol. The van der Waals surface area contributed by atoms with Crippen LogP contribution >= 0.6 is 0 Å². The Morgan fingerprint density at radius 2 is 2.00 bits per heavy atom. The minimum absolute atomic E-state index is 0.0813. The monoisotopic (exact) mass is 161 g/mol. The molecular weight excluding hydrogens is 158 g/mol. The van der Waals surface area contributed by atoms with E-state index in [1.165, 1.54) is 12.3 Å². The highest BCUT2D eigenvalue weighted by molar-refractivity contribution is 5.55. The minimum atomic E-state index is 0.0813. The van der Waals surface area contributed by atoms with Gasteiger partial charge in [-0.15, -0.1) is 0 Å². The maximum absolute atomic E-state index is 8.11. The van der Waals surface area contributed by atoms with E-state index in [4.69, 9.17) is 11.1 Å². The first-order valence-corrected chi connectivity index (χ1v) is 2.93. The van der Waals surface area contributed by atoms with Gasteiger partial charge in [0.2, 0.25) is 0 Å². The molecule has 12 heavy (non-hydrogen) atoms. The van der Waals surface area contributed by atoms with Gasteiger partial charge in [-0.05, 0) is 28.3 Å². The van der Waals surface area contributed by atoms with E-state index in [-0.39, 0.29) is 11.5 Å². The van der Waals surface area contributed by atoms with Crippen LogP contribution in [0.5, 0.6) is 0 Å². The fraction of sp³-hybridized carbons (Fsp3) is 0. The summed E-state index contributed by atoms with van der Waals surface area (Å²) in [7, 11) is 0. The highest BCUT2D eigenvalue weighted by Gasteiger charge is 1.95. The maximum atomic E-state index is 8.11. The van der Waals surface area contributed by atoms with Gasteiger partial charge in [0.15, 0.2) is 0 Å². The van der Waals surface area contributed by atoms with Crippen LogP contribution in [0.1, 0.15) is 0 Å². The van der Waals surface area contributed by atoms with Gasteiger partial charge >= 0.3 is 0 Å². The predicted octanol–water partition coefficient (Wildman–Crippen LogP) is 2.97. The molecule has 0 aliphatic carbocycles. The molecule has 0 spiro atoms. The van der Waals surface area contributed by atoms with Gasteiger partial charge in [0, 0.05) is 16.0 Å². The number of nitrogens with zero attached hydrogens (tertiary/aromatic N) is 7. The van der Waals surface area contributed by atoms with Gasteiger partial charge in [-0.1, -0.05) is 5.11 Å². The van der Waals surface area contributed by atoms with Crippen LogP contribution in [-0.2, 0) is 0 Å². The molecule has 0 amide bonds. The Kier molecular flexibility index (Phi) is 2.51. The van der Waals surface area contributed by atoms with Crippen molar-refractivity contribution in [3.05, 3.63) is 39.2 Å². The van der Waals surface area contributed by atoms with E-state index < -0.39 is 0 Å². The molecule has 0 radical (unpaired) electrons. The molecule has 0 atom stereocenters. The van der Waals surface area contributed by atoms with E-state index >= 15 is 0 Å². The van der Waals surface area contributed by atoms with Crippen molar-refractivity contribution in [2.24, 2.45) is 10.2 Å². The van der Waals surface area contributed by atoms with Gasteiger partial charge < -0.3 is 0 Å². The molecule has 0 bridgehead atoms. The Balaban J connectivity index is 3.25. The molecule has 0 fully saturated rings. The smallest absolute Gasteiger partial charge is 0.136 e. The summed E-state index contributed by atoms with van der Waals surface area (Å²) in [6.45, 7) is 0. The number of pyridine rings is 1. The Bertz CT molecular complexity index is 334. The summed E-state index contributed by atoms with van der Waals surface area (Å²) in [5, 5.41) is 6.51. The van der Waals surface area contributed by atoms with Gasteiger partial charge in [-0.2, -0.15) is 0 Å². The second kappa shape index (κ2) is 3.82. The zero-order valence-electron chi connectivity index (χ0n) is 5.86. The highest BCUT2D eigenvalue weighted by Crippen LogP contribution is 2.24. The van der Waals surface area contributed by atoms with E-state index in [1.807, 2.05) is 0 Å². The Hall–Kier alpha value is -2.23. The van der Waals surface area contributed by atoms with Gasteiger partial charge in [0.25, 0.3) is 0 Å². The molecule has 0 aromatic carbocycles. The number of aromatic nitrogens is 1. The van der Waals surface area contributed by atoms with Gasteiger partial charge in [0.1, 0.15) is 5.82 Å². The van der Waals surface area contributed by atoms with Crippen molar-refractivity contribution in [3.63, 3.8) is 0 Å². The van der Waals surface area contributed by atoms with Crippen LogP contribution in [0.4, 0.5) is 11.5 Å². The summed E-state index contributed by atoms with van der Waals surface area (Å²) in [5.41, 5.74) is 16.4. The van der Waals surface area contributed by atoms with Crippen LogP contribution < -0.4 is 0 Å². The van der Waals surface area contributed by atoms with Crippen molar-refractivity contribution in [1.29, 1.82) is 0 Å². The van der Waals surface area contributed by atoms with Gasteiger partial charge in [-0.25, -0.2) is 0 Å². The largest absolute Gasteiger partial charge is 0.254 e. The number of rotatable bonds is 2. The average molecular weight is 161 g/mol. The zero-order chi connectivity index (χ0) is 8.81. The van der Waals surface area contributed by atoms with Crippen molar-refractivity contribution < 1.29 is 0 Å². The highest BCUT2D eigenvalue weighted by atomic mass is 15.2. The van der Waals surface area contributed by atoms with E-state index in [9.17, 15) is 0 Å². The first-order chi connectivity index (χ1) is 5.88. The molecule has 0 aliphatic rings. The third-order valence-electron chi connectivity index (χ3n) is 1.06. The molecule has 0 unspecified atom stereocenters.